The molecule has 0 heterocycles. The van der Waals surface area contributed by atoms with E-state index in [1.54, 1.807) is 0 Å². The fourth-order valence-corrected chi connectivity index (χ4v) is 3.31. The monoisotopic (exact) mass is 320 g/mol. The molecule has 0 saturated heterocycles. The topological polar surface area (TPSA) is 72.2 Å². The van der Waals surface area contributed by atoms with Gasteiger partial charge in [-0.15, -0.1) is 0 Å². The van der Waals surface area contributed by atoms with E-state index in [2.05, 4.69) is 11.0 Å². The number of nitrogens with one attached hydrogen (secondary N) is 1. The van der Waals surface area contributed by atoms with Crippen molar-refractivity contribution >= 4 is 27.5 Å². The number of hydrogen-bond acceptors (Lipinski definition) is 4. The van der Waals surface area contributed by atoms with Gasteiger partial charge in [0.25, 0.3) is 0 Å². The molecule has 0 aliphatic rings. The third-order valence-electron chi connectivity index (χ3n) is 2.85. The summed E-state index contributed by atoms with van der Waals surface area (Å²) in [5.41, 5.74) is 5.21. The summed E-state index contributed by atoms with van der Waals surface area (Å²) in [6, 6.07) is 3.41. The second-order valence-corrected chi connectivity index (χ2v) is 7.24. The number of anilines is 1. The third kappa shape index (κ3) is 5.68. The Labute approximate surface area is 124 Å². The molecule has 0 radical (unpaired) electrons. The summed E-state index contributed by atoms with van der Waals surface area (Å²) in [7, 11) is -3.60. The number of nitrogens with two attached hydrogens (primary N) is 1. The molecule has 3 N–H and O–H groups in total. The normalized spacial score (nSPS) is 11.7. The number of rotatable bonds is 9. The molecular formula is C13H21FN2O2S2. The first-order chi connectivity index (χ1) is 9.47. The van der Waals surface area contributed by atoms with Gasteiger partial charge < -0.3 is 5.73 Å². The fourth-order valence-electron chi connectivity index (χ4n) is 1.70. The lowest BCUT2D eigenvalue weighted by atomic mass is 10.2. The molecule has 0 aliphatic carbocycles. The molecule has 0 spiro atoms. The fraction of sp³-hybridized carbons (Fsp3) is 0.538. The quantitative estimate of drug-likeness (QED) is 0.542. The van der Waals surface area contributed by atoms with Crippen LogP contribution in [-0.2, 0) is 10.0 Å². The standard InChI is InChI=1S/C13H21FN2O2S2/c1-19-9-5-3-2-4-8-16-20(17,18)11-6-7-12(14)13(15)10-11/h6-7,10,16H,2-5,8-9,15H2,1H3. The van der Waals surface area contributed by atoms with Gasteiger partial charge in [0.05, 0.1) is 10.6 Å². The van der Waals surface area contributed by atoms with E-state index in [1.165, 1.54) is 6.07 Å². The number of unbranched alkanes of at least 4 members (excludes halogenated alkanes) is 3. The average Bonchev–Trinajstić information content (AvgIpc) is 2.40. The van der Waals surface area contributed by atoms with Crippen molar-refractivity contribution in [3.8, 4) is 0 Å². The Kier molecular flexibility index (Phi) is 7.32. The van der Waals surface area contributed by atoms with Gasteiger partial charge in [0.1, 0.15) is 5.82 Å². The molecule has 0 aromatic heterocycles. The first kappa shape index (κ1) is 17.3. The lowest BCUT2D eigenvalue weighted by Gasteiger charge is -2.07. The molecule has 0 atom stereocenters. The van der Waals surface area contributed by atoms with Crippen LogP contribution in [0.2, 0.25) is 0 Å². The van der Waals surface area contributed by atoms with Gasteiger partial charge in [-0.1, -0.05) is 12.8 Å². The van der Waals surface area contributed by atoms with Crippen LogP contribution in [0.1, 0.15) is 25.7 Å². The van der Waals surface area contributed by atoms with E-state index < -0.39 is 15.8 Å². The summed E-state index contributed by atoms with van der Waals surface area (Å²) in [6.07, 6.45) is 6.12. The van der Waals surface area contributed by atoms with Gasteiger partial charge in [0.15, 0.2) is 0 Å². The maximum Gasteiger partial charge on any atom is 0.240 e. The SMILES string of the molecule is CSCCCCCCNS(=O)(=O)c1ccc(F)c(N)c1. The maximum absolute atomic E-state index is 13.0. The van der Waals surface area contributed by atoms with Crippen LogP contribution in [0.15, 0.2) is 23.1 Å². The molecule has 1 aromatic carbocycles. The first-order valence-corrected chi connectivity index (χ1v) is 9.38. The van der Waals surface area contributed by atoms with Gasteiger partial charge in [0, 0.05) is 6.54 Å². The van der Waals surface area contributed by atoms with Crippen LogP contribution in [-0.4, -0.2) is 27.0 Å². The number of benzene rings is 1. The van der Waals surface area contributed by atoms with Crippen molar-refractivity contribution < 1.29 is 12.8 Å². The molecule has 0 saturated carbocycles. The van der Waals surface area contributed by atoms with Gasteiger partial charge in [-0.05, 0) is 43.0 Å². The summed E-state index contributed by atoms with van der Waals surface area (Å²) >= 11 is 1.82. The molecular weight excluding hydrogens is 299 g/mol. The van der Waals surface area contributed by atoms with E-state index in [1.807, 2.05) is 11.8 Å². The summed E-state index contributed by atoms with van der Waals surface area (Å²) < 4.78 is 39.4. The summed E-state index contributed by atoms with van der Waals surface area (Å²) in [6.45, 7) is 0.388. The lowest BCUT2D eigenvalue weighted by Crippen LogP contribution is -2.25. The second-order valence-electron chi connectivity index (χ2n) is 4.49. The summed E-state index contributed by atoms with van der Waals surface area (Å²) in [5.74, 6) is 0.526. The Morgan fingerprint density at radius 3 is 2.60 bits per heavy atom. The molecule has 114 valence electrons. The van der Waals surface area contributed by atoms with Gasteiger partial charge >= 0.3 is 0 Å². The highest BCUT2D eigenvalue weighted by molar-refractivity contribution is 7.98. The predicted molar refractivity (Wildman–Crippen MR) is 82.9 cm³/mol. The van der Waals surface area contributed by atoms with Crippen molar-refractivity contribution in [1.29, 1.82) is 0 Å². The Bertz CT molecular complexity index is 521. The third-order valence-corrected chi connectivity index (χ3v) is 5.00. The van der Waals surface area contributed by atoms with E-state index in [0.29, 0.717) is 6.54 Å². The van der Waals surface area contributed by atoms with Crippen LogP contribution in [0.5, 0.6) is 0 Å². The summed E-state index contributed by atoms with van der Waals surface area (Å²) in [5, 5.41) is 0. The smallest absolute Gasteiger partial charge is 0.240 e. The molecule has 7 heteroatoms. The molecule has 0 amide bonds. The zero-order valence-electron chi connectivity index (χ0n) is 11.6. The van der Waals surface area contributed by atoms with Crippen LogP contribution in [0.3, 0.4) is 0 Å². The minimum Gasteiger partial charge on any atom is -0.396 e. The van der Waals surface area contributed by atoms with Crippen LogP contribution < -0.4 is 10.5 Å². The average molecular weight is 320 g/mol. The summed E-state index contributed by atoms with van der Waals surface area (Å²) in [4.78, 5) is -0.00113. The zero-order valence-corrected chi connectivity index (χ0v) is 13.2. The Morgan fingerprint density at radius 1 is 1.25 bits per heavy atom. The van der Waals surface area contributed by atoms with E-state index in [0.717, 1.165) is 43.6 Å². The maximum atomic E-state index is 13.0. The van der Waals surface area contributed by atoms with Crippen LogP contribution in [0.4, 0.5) is 10.1 Å². The van der Waals surface area contributed by atoms with Crippen molar-refractivity contribution in [2.75, 3.05) is 24.3 Å². The second kappa shape index (κ2) is 8.49. The van der Waals surface area contributed by atoms with Gasteiger partial charge in [-0.25, -0.2) is 17.5 Å². The van der Waals surface area contributed by atoms with Gasteiger partial charge in [-0.2, -0.15) is 11.8 Å². The predicted octanol–water partition coefficient (Wildman–Crippen LogP) is 2.61. The van der Waals surface area contributed by atoms with Crippen molar-refractivity contribution in [3.05, 3.63) is 24.0 Å². The molecule has 4 nitrogen and oxygen atoms in total. The van der Waals surface area contributed by atoms with E-state index in [9.17, 15) is 12.8 Å². The number of nitrogen functional groups attached to an aromatic ring is 1. The Balaban J connectivity index is 2.40. The number of halogens is 1. The minimum absolute atomic E-state index is 0.00113. The van der Waals surface area contributed by atoms with E-state index >= 15 is 0 Å². The number of thioether (sulfide) groups is 1. The van der Waals surface area contributed by atoms with Gasteiger partial charge in [-0.3, -0.25) is 0 Å². The Morgan fingerprint density at radius 2 is 1.95 bits per heavy atom. The van der Waals surface area contributed by atoms with Crippen molar-refractivity contribution in [2.45, 2.75) is 30.6 Å². The number of hydrogen-bond donors (Lipinski definition) is 2. The van der Waals surface area contributed by atoms with Gasteiger partial charge in [0.2, 0.25) is 10.0 Å². The molecule has 0 aliphatic heterocycles. The highest BCUT2D eigenvalue weighted by Gasteiger charge is 2.14. The minimum atomic E-state index is -3.60. The zero-order chi connectivity index (χ0) is 15.0. The van der Waals surface area contributed by atoms with Crippen LogP contribution in [0, 0.1) is 5.82 Å². The number of sulfonamides is 1. The lowest BCUT2D eigenvalue weighted by molar-refractivity contribution is 0.573. The van der Waals surface area contributed by atoms with Crippen molar-refractivity contribution in [3.63, 3.8) is 0 Å². The molecule has 1 aromatic rings. The highest BCUT2D eigenvalue weighted by Crippen LogP contribution is 2.16. The van der Waals surface area contributed by atoms with Crippen molar-refractivity contribution in [2.24, 2.45) is 0 Å². The molecule has 0 bridgehead atoms. The largest absolute Gasteiger partial charge is 0.396 e. The molecule has 0 fully saturated rings. The molecule has 1 rings (SSSR count). The molecule has 0 unspecified atom stereocenters. The molecule has 20 heavy (non-hydrogen) atoms. The van der Waals surface area contributed by atoms with Crippen molar-refractivity contribution in [1.82, 2.24) is 4.72 Å². The first-order valence-electron chi connectivity index (χ1n) is 6.51. The van der Waals surface area contributed by atoms with E-state index in [-0.39, 0.29) is 10.6 Å². The Hall–Kier alpha value is -0.790. The van der Waals surface area contributed by atoms with Crippen LogP contribution in [0.25, 0.3) is 0 Å². The van der Waals surface area contributed by atoms with Crippen LogP contribution >= 0.6 is 11.8 Å². The highest BCUT2D eigenvalue weighted by atomic mass is 32.2. The van der Waals surface area contributed by atoms with E-state index in [4.69, 9.17) is 5.73 Å².